The van der Waals surface area contributed by atoms with Gasteiger partial charge in [-0.05, 0) is 32.4 Å². The zero-order valence-corrected chi connectivity index (χ0v) is 12.3. The van der Waals surface area contributed by atoms with Crippen molar-refractivity contribution >= 4 is 49.9 Å². The van der Waals surface area contributed by atoms with Crippen LogP contribution in [0.2, 0.25) is 0 Å². The molecule has 1 heterocycles. The first-order chi connectivity index (χ1) is 10.1. The van der Waals surface area contributed by atoms with E-state index in [-0.39, 0.29) is 21.5 Å². The van der Waals surface area contributed by atoms with Crippen molar-refractivity contribution in [1.29, 1.82) is 0 Å². The molecule has 1 aromatic rings. The Labute approximate surface area is 130 Å². The lowest BCUT2D eigenvalue weighted by molar-refractivity contribution is -0.426. The molecule has 106 valence electrons. The molecule has 2 rings (SSSR count). The molecule has 12 heteroatoms. The molecule has 0 saturated carbocycles. The summed E-state index contributed by atoms with van der Waals surface area (Å²) in [7, 11) is 2.03. The molecule has 1 aliphatic heterocycles. The summed E-state index contributed by atoms with van der Waals surface area (Å²) in [4.78, 5) is 13.1. The topological polar surface area (TPSA) is 129 Å². The van der Waals surface area contributed by atoms with Crippen LogP contribution < -0.4 is 0 Å². The van der Waals surface area contributed by atoms with Gasteiger partial charge in [0.05, 0.1) is 21.8 Å². The molecular formula is C9H4ClN7O2S2. The largest absolute Gasteiger partial charge is 0.408 e. The van der Waals surface area contributed by atoms with Crippen molar-refractivity contribution in [3.8, 4) is 0 Å². The van der Waals surface area contributed by atoms with E-state index in [0.717, 1.165) is 21.8 Å². The maximum atomic E-state index is 11.0. The van der Waals surface area contributed by atoms with Crippen molar-refractivity contribution in [2.24, 2.45) is 19.7 Å². The predicted octanol–water partition coefficient (Wildman–Crippen LogP) is 5.11. The van der Waals surface area contributed by atoms with Crippen molar-refractivity contribution in [1.82, 2.24) is 0 Å². The van der Waals surface area contributed by atoms with Crippen LogP contribution in [0.25, 0.3) is 10.4 Å². The Morgan fingerprint density at radius 3 is 2.71 bits per heavy atom. The van der Waals surface area contributed by atoms with Crippen molar-refractivity contribution in [3.63, 3.8) is 0 Å². The van der Waals surface area contributed by atoms with Crippen molar-refractivity contribution in [3.05, 3.63) is 55.5 Å². The van der Waals surface area contributed by atoms with Gasteiger partial charge in [0, 0.05) is 4.91 Å². The van der Waals surface area contributed by atoms with E-state index in [9.17, 15) is 10.1 Å². The van der Waals surface area contributed by atoms with Gasteiger partial charge < -0.3 is 10.1 Å². The minimum Gasteiger partial charge on any atom is -0.358 e. The Morgan fingerprint density at radius 2 is 2.14 bits per heavy atom. The molecule has 0 atom stereocenters. The highest BCUT2D eigenvalue weighted by Gasteiger charge is 2.27. The van der Waals surface area contributed by atoms with Crippen LogP contribution in [0.3, 0.4) is 0 Å². The molecule has 0 amide bonds. The van der Waals surface area contributed by atoms with E-state index in [4.69, 9.17) is 17.1 Å². The molecule has 0 N–H and O–H groups in total. The van der Waals surface area contributed by atoms with Gasteiger partial charge in [0.15, 0.2) is 10.1 Å². The molecule has 0 spiro atoms. The lowest BCUT2D eigenvalue weighted by atomic mass is 10.3. The van der Waals surface area contributed by atoms with E-state index < -0.39 is 10.7 Å². The van der Waals surface area contributed by atoms with Crippen molar-refractivity contribution < 1.29 is 4.92 Å². The Kier molecular flexibility index (Phi) is 5.17. The fourth-order valence-electron chi connectivity index (χ4n) is 1.24. The molecule has 0 radical (unpaired) electrons. The third kappa shape index (κ3) is 3.73. The molecule has 0 aliphatic carbocycles. The fraction of sp³-hybridized carbons (Fsp3) is 0. The highest BCUT2D eigenvalue weighted by molar-refractivity contribution is 8.78. The summed E-state index contributed by atoms with van der Waals surface area (Å²) in [6.45, 7) is 0. The average molecular weight is 342 g/mol. The van der Waals surface area contributed by atoms with E-state index in [1.54, 1.807) is 12.1 Å². The summed E-state index contributed by atoms with van der Waals surface area (Å²) < 4.78 is 3.75. The molecule has 0 unspecified atom stereocenters. The van der Waals surface area contributed by atoms with Gasteiger partial charge in [-0.25, -0.2) is 0 Å². The molecule has 21 heavy (non-hydrogen) atoms. The average Bonchev–Trinajstić information content (AvgIpc) is 2.87. The van der Waals surface area contributed by atoms with E-state index in [2.05, 4.69) is 24.7 Å². The zero-order chi connectivity index (χ0) is 15.2. The minimum atomic E-state index is -0.703. The van der Waals surface area contributed by atoms with Crippen molar-refractivity contribution in [2.75, 3.05) is 0 Å². The lowest BCUT2D eigenvalue weighted by Crippen LogP contribution is -2.01. The molecule has 1 aromatic carbocycles. The van der Waals surface area contributed by atoms with E-state index in [1.807, 2.05) is 0 Å². The number of nitrogens with zero attached hydrogens (tertiary/aromatic N) is 7. The molecular weight excluding hydrogens is 338 g/mol. The summed E-state index contributed by atoms with van der Waals surface area (Å²) in [5.74, 6) is -0.519. The monoisotopic (exact) mass is 341 g/mol. The van der Waals surface area contributed by atoms with E-state index in [0.29, 0.717) is 0 Å². The maximum absolute atomic E-state index is 11.0. The number of allylic oxidation sites excluding steroid dienone is 1. The predicted molar refractivity (Wildman–Crippen MR) is 82.3 cm³/mol. The summed E-state index contributed by atoms with van der Waals surface area (Å²) in [5, 5.41) is 21.8. The standard InChI is InChI=1S/C9H4ClN7O2S2/c10-8-7(20-21-15-8)9(17(18)19)14-12-5-3-1-2-4-6(5)13-16-11/h1-4H/b9-7+,14-12?. The van der Waals surface area contributed by atoms with E-state index in [1.165, 1.54) is 12.1 Å². The Balaban J connectivity index is 2.41. The second kappa shape index (κ2) is 7.09. The molecule has 0 saturated heterocycles. The van der Waals surface area contributed by atoms with Crippen LogP contribution in [-0.4, -0.2) is 10.1 Å². The normalized spacial score (nSPS) is 16.5. The number of azide groups is 1. The first-order valence-electron chi connectivity index (χ1n) is 5.15. The van der Waals surface area contributed by atoms with Gasteiger partial charge in [0.2, 0.25) is 0 Å². The molecule has 0 fully saturated rings. The van der Waals surface area contributed by atoms with Crippen LogP contribution in [-0.2, 0) is 0 Å². The summed E-state index contributed by atoms with van der Waals surface area (Å²) >= 11 is 5.76. The van der Waals surface area contributed by atoms with Gasteiger partial charge in [-0.2, -0.15) is 4.40 Å². The van der Waals surface area contributed by atoms with Gasteiger partial charge >= 0.3 is 5.82 Å². The first kappa shape index (κ1) is 15.3. The van der Waals surface area contributed by atoms with Gasteiger partial charge in [0.1, 0.15) is 5.69 Å². The van der Waals surface area contributed by atoms with Crippen LogP contribution in [0.15, 0.2) is 54.7 Å². The fourth-order valence-corrected chi connectivity index (χ4v) is 3.46. The SMILES string of the molecule is [N-]=[N+]=Nc1ccccc1N=N/C(=C1\SSN=C1Cl)[N+](=O)[O-]. The number of nitro groups is 1. The number of benzene rings is 1. The number of rotatable bonds is 4. The highest BCUT2D eigenvalue weighted by atomic mass is 35.5. The van der Waals surface area contributed by atoms with Crippen LogP contribution in [0, 0.1) is 10.1 Å². The minimum absolute atomic E-state index is 0.000944. The van der Waals surface area contributed by atoms with Gasteiger partial charge in [0.25, 0.3) is 0 Å². The van der Waals surface area contributed by atoms with Gasteiger partial charge in [-0.3, -0.25) is 0 Å². The quantitative estimate of drug-likeness (QED) is 0.143. The summed E-state index contributed by atoms with van der Waals surface area (Å²) in [6.07, 6.45) is 0. The zero-order valence-electron chi connectivity index (χ0n) is 9.95. The van der Waals surface area contributed by atoms with Crippen LogP contribution >= 0.6 is 33.4 Å². The third-order valence-corrected chi connectivity index (χ3v) is 4.40. The molecule has 0 aromatic heterocycles. The highest BCUT2D eigenvalue weighted by Crippen LogP contribution is 2.42. The number of hydrogen-bond donors (Lipinski definition) is 0. The van der Waals surface area contributed by atoms with Gasteiger partial charge in [-0.1, -0.05) is 34.9 Å². The summed E-state index contributed by atoms with van der Waals surface area (Å²) in [5.41, 5.74) is 8.87. The molecule has 0 bridgehead atoms. The second-order valence-corrected chi connectivity index (χ2v) is 5.54. The van der Waals surface area contributed by atoms with Crippen LogP contribution in [0.1, 0.15) is 0 Å². The molecule has 1 aliphatic rings. The Bertz CT molecular complexity index is 727. The molecule has 9 nitrogen and oxygen atoms in total. The Hall–Kier alpha value is -2.07. The third-order valence-electron chi connectivity index (χ3n) is 2.09. The summed E-state index contributed by atoms with van der Waals surface area (Å²) in [6, 6.07) is 6.31. The Morgan fingerprint density at radius 1 is 1.43 bits per heavy atom. The van der Waals surface area contributed by atoms with Gasteiger partial charge in [-0.15, -0.1) is 0 Å². The number of halogens is 1. The number of hydrogen-bond acceptors (Lipinski definition) is 8. The smallest absolute Gasteiger partial charge is 0.358 e. The number of azo groups is 1. The lowest BCUT2D eigenvalue weighted by Gasteiger charge is -1.96. The van der Waals surface area contributed by atoms with E-state index >= 15 is 0 Å². The van der Waals surface area contributed by atoms with Crippen LogP contribution in [0.4, 0.5) is 11.4 Å². The second-order valence-electron chi connectivity index (χ2n) is 3.33. The van der Waals surface area contributed by atoms with Crippen molar-refractivity contribution in [2.45, 2.75) is 0 Å². The maximum Gasteiger partial charge on any atom is 0.408 e. The van der Waals surface area contributed by atoms with Crippen LogP contribution in [0.5, 0.6) is 0 Å². The first-order valence-corrected chi connectivity index (χ1v) is 7.64.